The number of nitrogens with zero attached hydrogens (tertiary/aromatic N) is 2. The first-order valence-corrected chi connectivity index (χ1v) is 20.5. The summed E-state index contributed by atoms with van der Waals surface area (Å²) in [6, 6.07) is 79.2. The number of fused-ring (bicyclic) bond motifs is 11. The lowest BCUT2D eigenvalue weighted by Crippen LogP contribution is -2.61. The van der Waals surface area contributed by atoms with Crippen LogP contribution in [0.2, 0.25) is 0 Å². The van der Waals surface area contributed by atoms with Gasteiger partial charge in [-0.15, -0.1) is 0 Å². The zero-order chi connectivity index (χ0) is 38.6. The van der Waals surface area contributed by atoms with Crippen LogP contribution in [0.25, 0.3) is 65.0 Å². The van der Waals surface area contributed by atoms with E-state index < -0.39 is 0 Å². The third-order valence-corrected chi connectivity index (χ3v) is 12.9. The lowest BCUT2D eigenvalue weighted by molar-refractivity contribution is 1.26. The normalized spacial score (nSPS) is 13.0. The second-order valence-electron chi connectivity index (χ2n) is 16.1. The van der Waals surface area contributed by atoms with Gasteiger partial charge < -0.3 is 9.80 Å². The van der Waals surface area contributed by atoms with E-state index in [1.807, 2.05) is 0 Å². The second-order valence-corrected chi connectivity index (χ2v) is 16.1. The highest BCUT2D eigenvalue weighted by Gasteiger charge is 2.44. The van der Waals surface area contributed by atoms with Crippen LogP contribution in [0.15, 0.2) is 212 Å². The molecule has 0 atom stereocenters. The summed E-state index contributed by atoms with van der Waals surface area (Å²) in [5.74, 6) is 0. The largest absolute Gasteiger partial charge is 0.311 e. The van der Waals surface area contributed by atoms with Gasteiger partial charge in [0.25, 0.3) is 6.71 Å². The monoisotopic (exact) mass is 746 g/mol. The first kappa shape index (κ1) is 32.5. The molecule has 13 rings (SSSR count). The van der Waals surface area contributed by atoms with Gasteiger partial charge in [0.1, 0.15) is 0 Å². The molecule has 0 radical (unpaired) electrons. The molecule has 0 amide bonds. The number of anilines is 6. The highest BCUT2D eigenvalue weighted by molar-refractivity contribution is 7.00. The standard InChI is InChI=1S/C56H35BN2/c1-3-17-44(18-4-1)58-52-30-41-27-24-37-14-9-11-21-46(37)48(41)34-50(52)57-51-35-49-42(28-25-38-15-10-12-22-47(38)49)31-53(51)59(45-19-5-2-6-20-45)55-33-43(32-54(58)56(55)57)40-26-23-36-13-7-8-16-39(36)29-40/h1-35H. The van der Waals surface area contributed by atoms with Crippen molar-refractivity contribution >= 4 is 111 Å². The Morgan fingerprint density at radius 2 is 0.712 bits per heavy atom. The summed E-state index contributed by atoms with van der Waals surface area (Å²) >= 11 is 0. The van der Waals surface area contributed by atoms with Crippen molar-refractivity contribution in [2.45, 2.75) is 0 Å². The lowest BCUT2D eigenvalue weighted by atomic mass is 9.33. The molecule has 11 aromatic carbocycles. The molecular formula is C56H35BN2. The summed E-state index contributed by atoms with van der Waals surface area (Å²) in [6.07, 6.45) is 0. The minimum atomic E-state index is -0.0256. The third-order valence-electron chi connectivity index (χ3n) is 12.9. The Morgan fingerprint density at radius 3 is 1.25 bits per heavy atom. The van der Waals surface area contributed by atoms with Gasteiger partial charge in [0.15, 0.2) is 0 Å². The molecule has 0 unspecified atom stereocenters. The molecule has 0 saturated carbocycles. The average molecular weight is 747 g/mol. The van der Waals surface area contributed by atoms with Crippen molar-refractivity contribution in [1.29, 1.82) is 0 Å². The quantitative estimate of drug-likeness (QED) is 0.131. The van der Waals surface area contributed by atoms with Crippen molar-refractivity contribution in [3.05, 3.63) is 212 Å². The van der Waals surface area contributed by atoms with Gasteiger partial charge >= 0.3 is 0 Å². The Kier molecular flexibility index (Phi) is 6.85. The predicted octanol–water partition coefficient (Wildman–Crippen LogP) is 13.2. The van der Waals surface area contributed by atoms with Crippen molar-refractivity contribution in [2.75, 3.05) is 9.80 Å². The van der Waals surface area contributed by atoms with Crippen molar-refractivity contribution < 1.29 is 0 Å². The molecular weight excluding hydrogens is 711 g/mol. The maximum Gasteiger partial charge on any atom is 0.252 e. The van der Waals surface area contributed by atoms with Crippen LogP contribution >= 0.6 is 0 Å². The zero-order valence-corrected chi connectivity index (χ0v) is 32.2. The van der Waals surface area contributed by atoms with Crippen LogP contribution in [0.1, 0.15) is 0 Å². The Labute approximate surface area is 342 Å². The molecule has 0 aliphatic carbocycles. The summed E-state index contributed by atoms with van der Waals surface area (Å²) in [5, 5.41) is 12.6. The van der Waals surface area contributed by atoms with Crippen molar-refractivity contribution in [3.8, 4) is 11.1 Å². The molecule has 0 saturated heterocycles. The Hall–Kier alpha value is -7.62. The maximum atomic E-state index is 2.54. The fourth-order valence-electron chi connectivity index (χ4n) is 10.2. The van der Waals surface area contributed by atoms with E-state index in [-0.39, 0.29) is 6.71 Å². The van der Waals surface area contributed by atoms with E-state index in [0.717, 1.165) is 11.4 Å². The number of hydrogen-bond acceptors (Lipinski definition) is 2. The SMILES string of the molecule is c1ccc(N2c3cc4ccc5ccccc5c4cc3B3c4cc5c(ccc6ccccc65)cc4N(c4ccccc4)c4cc(-c5ccc6ccccc6c5)cc2c43)cc1. The first-order valence-electron chi connectivity index (χ1n) is 20.5. The van der Waals surface area contributed by atoms with Crippen LogP contribution in [0, 0.1) is 0 Å². The fraction of sp³-hybridized carbons (Fsp3) is 0. The van der Waals surface area contributed by atoms with Crippen LogP contribution in [0.4, 0.5) is 34.1 Å². The van der Waals surface area contributed by atoms with Crippen LogP contribution in [0.3, 0.4) is 0 Å². The first-order chi connectivity index (χ1) is 29.2. The van der Waals surface area contributed by atoms with Crippen LogP contribution in [-0.4, -0.2) is 6.71 Å². The molecule has 2 nitrogen and oxygen atoms in total. The summed E-state index contributed by atoms with van der Waals surface area (Å²) in [5.41, 5.74) is 13.5. The summed E-state index contributed by atoms with van der Waals surface area (Å²) in [4.78, 5) is 5.07. The smallest absolute Gasteiger partial charge is 0.252 e. The van der Waals surface area contributed by atoms with E-state index in [1.165, 1.54) is 104 Å². The zero-order valence-electron chi connectivity index (χ0n) is 32.2. The summed E-state index contributed by atoms with van der Waals surface area (Å²) in [7, 11) is 0. The number of para-hydroxylation sites is 2. The molecule has 3 heteroatoms. The third kappa shape index (κ3) is 4.82. The highest BCUT2D eigenvalue weighted by Crippen LogP contribution is 2.48. The van der Waals surface area contributed by atoms with Crippen LogP contribution in [-0.2, 0) is 0 Å². The minimum absolute atomic E-state index is 0.0256. The molecule has 2 aliphatic rings. The molecule has 0 fully saturated rings. The predicted molar refractivity (Wildman–Crippen MR) is 253 cm³/mol. The van der Waals surface area contributed by atoms with Gasteiger partial charge in [-0.2, -0.15) is 0 Å². The Morgan fingerprint density at radius 1 is 0.271 bits per heavy atom. The van der Waals surface area contributed by atoms with E-state index in [9.17, 15) is 0 Å². The van der Waals surface area contributed by atoms with E-state index >= 15 is 0 Å². The van der Waals surface area contributed by atoms with E-state index in [4.69, 9.17) is 0 Å². The highest BCUT2D eigenvalue weighted by atomic mass is 15.2. The average Bonchev–Trinajstić information content (AvgIpc) is 3.30. The van der Waals surface area contributed by atoms with Gasteiger partial charge in [0.2, 0.25) is 0 Å². The van der Waals surface area contributed by atoms with Gasteiger partial charge in [-0.25, -0.2) is 0 Å². The molecule has 59 heavy (non-hydrogen) atoms. The van der Waals surface area contributed by atoms with E-state index in [0.29, 0.717) is 0 Å². The molecule has 0 aromatic heterocycles. The van der Waals surface area contributed by atoms with Gasteiger partial charge in [0, 0.05) is 34.1 Å². The number of benzene rings is 11. The maximum absolute atomic E-state index is 2.54. The molecule has 0 N–H and O–H groups in total. The van der Waals surface area contributed by atoms with Crippen molar-refractivity contribution in [2.24, 2.45) is 0 Å². The summed E-state index contributed by atoms with van der Waals surface area (Å²) < 4.78 is 0. The number of rotatable bonds is 3. The molecule has 11 aromatic rings. The van der Waals surface area contributed by atoms with Gasteiger partial charge in [-0.3, -0.25) is 0 Å². The van der Waals surface area contributed by atoms with Gasteiger partial charge in [0.05, 0.1) is 0 Å². The van der Waals surface area contributed by atoms with Crippen molar-refractivity contribution in [1.82, 2.24) is 0 Å². The van der Waals surface area contributed by atoms with Gasteiger partial charge in [-0.1, -0.05) is 158 Å². The molecule has 2 aliphatic heterocycles. The fourth-order valence-corrected chi connectivity index (χ4v) is 10.2. The lowest BCUT2D eigenvalue weighted by Gasteiger charge is -2.44. The molecule has 0 bridgehead atoms. The van der Waals surface area contributed by atoms with Gasteiger partial charge in [-0.05, 0) is 136 Å². The number of hydrogen-bond donors (Lipinski definition) is 0. The second kappa shape index (κ2) is 12.4. The Bertz CT molecular complexity index is 3330. The van der Waals surface area contributed by atoms with Crippen LogP contribution in [0.5, 0.6) is 0 Å². The minimum Gasteiger partial charge on any atom is -0.311 e. The molecule has 0 spiro atoms. The topological polar surface area (TPSA) is 6.48 Å². The van der Waals surface area contributed by atoms with E-state index in [2.05, 4.69) is 222 Å². The molecule has 2 heterocycles. The van der Waals surface area contributed by atoms with E-state index in [1.54, 1.807) is 0 Å². The molecule has 272 valence electrons. The van der Waals surface area contributed by atoms with Crippen molar-refractivity contribution in [3.63, 3.8) is 0 Å². The Balaban J connectivity index is 1.20. The van der Waals surface area contributed by atoms with Crippen LogP contribution < -0.4 is 26.2 Å². The summed E-state index contributed by atoms with van der Waals surface area (Å²) in [6.45, 7) is -0.0256.